The Hall–Kier alpha value is -4.55. The monoisotopic (exact) mass is 646 g/mol. The molecule has 0 bridgehead atoms. The molecule has 12 heteroatoms. The molecule has 1 aromatic heterocycles. The second-order valence-electron chi connectivity index (χ2n) is 12.3. The van der Waals surface area contributed by atoms with Crippen LogP contribution >= 0.6 is 0 Å². The molecule has 2 amide bonds. The molecule has 0 unspecified atom stereocenters. The first-order chi connectivity index (χ1) is 22.5. The van der Waals surface area contributed by atoms with Crippen LogP contribution < -0.4 is 32.7 Å². The third-order valence-electron chi connectivity index (χ3n) is 8.05. The van der Waals surface area contributed by atoms with E-state index in [1.165, 1.54) is 6.92 Å². The van der Waals surface area contributed by atoms with Crippen LogP contribution in [0.15, 0.2) is 65.8 Å². The first kappa shape index (κ1) is 36.9. The molecule has 3 rings (SSSR count). The minimum atomic E-state index is -0.824. The van der Waals surface area contributed by atoms with Gasteiger partial charge in [-0.05, 0) is 62.8 Å². The van der Waals surface area contributed by atoms with E-state index in [0.29, 0.717) is 32.2 Å². The number of carbonyl (C=O) groups excluding carboxylic acids is 4. The number of nitrogens with zero attached hydrogens (tertiary/aromatic N) is 1. The number of H-pyrrole nitrogens is 1. The summed E-state index contributed by atoms with van der Waals surface area (Å²) in [4.78, 5) is 60.4. The molecule has 0 aliphatic heterocycles. The van der Waals surface area contributed by atoms with E-state index in [0.717, 1.165) is 22.0 Å². The number of benzene rings is 2. The number of aromatic nitrogens is 1. The number of para-hydroxylation sites is 1. The second kappa shape index (κ2) is 18.6. The predicted molar refractivity (Wildman–Crippen MR) is 186 cm³/mol. The minimum Gasteiger partial charge on any atom is -0.370 e. The first-order valence-corrected chi connectivity index (χ1v) is 16.2. The van der Waals surface area contributed by atoms with E-state index in [1.807, 2.05) is 74.6 Å². The molecule has 0 fully saturated rings. The van der Waals surface area contributed by atoms with Crippen molar-refractivity contribution in [2.75, 3.05) is 20.1 Å². The van der Waals surface area contributed by atoms with Crippen molar-refractivity contribution >= 4 is 40.2 Å². The van der Waals surface area contributed by atoms with Crippen LogP contribution in [0.2, 0.25) is 0 Å². The van der Waals surface area contributed by atoms with E-state index < -0.39 is 30.1 Å². The fourth-order valence-electron chi connectivity index (χ4n) is 5.46. The van der Waals surface area contributed by atoms with Crippen molar-refractivity contribution in [2.45, 2.75) is 77.0 Å². The Bertz CT molecular complexity index is 1500. The van der Waals surface area contributed by atoms with Crippen molar-refractivity contribution in [2.24, 2.45) is 22.4 Å². The highest BCUT2D eigenvalue weighted by molar-refractivity contribution is 5.94. The highest BCUT2D eigenvalue weighted by Gasteiger charge is 2.28. The number of carbonyl (C=O) groups is 4. The van der Waals surface area contributed by atoms with Crippen LogP contribution in [0.25, 0.3) is 10.9 Å². The van der Waals surface area contributed by atoms with Crippen molar-refractivity contribution in [3.63, 3.8) is 0 Å². The van der Waals surface area contributed by atoms with Gasteiger partial charge in [-0.25, -0.2) is 0 Å². The Morgan fingerprint density at radius 1 is 0.851 bits per heavy atom. The van der Waals surface area contributed by atoms with E-state index in [-0.39, 0.29) is 42.3 Å². The van der Waals surface area contributed by atoms with Crippen LogP contribution in [0.4, 0.5) is 0 Å². The Morgan fingerprint density at radius 2 is 1.51 bits per heavy atom. The summed E-state index contributed by atoms with van der Waals surface area (Å²) in [6.45, 7) is 5.62. The second-order valence-corrected chi connectivity index (χ2v) is 12.3. The van der Waals surface area contributed by atoms with Gasteiger partial charge in [0, 0.05) is 30.1 Å². The third-order valence-corrected chi connectivity index (χ3v) is 8.05. The van der Waals surface area contributed by atoms with Gasteiger partial charge >= 0.3 is 0 Å². The Balaban J connectivity index is 1.76. The standard InChI is InChI=1S/C35H50N8O4/c1-22(2)17-30(38-4)33(46)42-28(15-10-16-39-35(36)37)32(45)21-41-31(18-24-11-6-5-7-12-24)34(47)43-29(23(3)44)19-25-20-40-27-14-9-8-13-26(25)27/h5-9,11-14,20,22,28-31,38,40-41H,10,15-19,21H2,1-4H3,(H,42,46)(H,43,47)(H4,36,37,39)/t28-,29-,30-,31-/m0/s1. The van der Waals surface area contributed by atoms with Gasteiger partial charge in [0.15, 0.2) is 17.5 Å². The SMILES string of the molecule is CN[C@@H](CC(C)C)C(=O)N[C@@H](CCCN=C(N)N)C(=O)CN[C@@H](Cc1ccccc1)C(=O)N[C@@H](Cc1c[nH]c2ccccc12)C(C)=O. The van der Waals surface area contributed by atoms with Gasteiger partial charge in [0.05, 0.1) is 30.7 Å². The molecule has 3 aromatic rings. The van der Waals surface area contributed by atoms with E-state index >= 15 is 0 Å². The zero-order valence-electron chi connectivity index (χ0n) is 27.8. The summed E-state index contributed by atoms with van der Waals surface area (Å²) < 4.78 is 0. The van der Waals surface area contributed by atoms with Gasteiger partial charge < -0.3 is 32.4 Å². The summed E-state index contributed by atoms with van der Waals surface area (Å²) in [7, 11) is 1.71. The molecule has 0 saturated carbocycles. The molecule has 0 aliphatic rings. The summed E-state index contributed by atoms with van der Waals surface area (Å²) in [5.41, 5.74) is 13.7. The van der Waals surface area contributed by atoms with Gasteiger partial charge in [0.1, 0.15) is 0 Å². The lowest BCUT2D eigenvalue weighted by atomic mass is 10.00. The number of fused-ring (bicyclic) bond motifs is 1. The van der Waals surface area contributed by atoms with Crippen molar-refractivity contribution in [3.8, 4) is 0 Å². The van der Waals surface area contributed by atoms with Crippen LogP contribution in [0, 0.1) is 5.92 Å². The topological polar surface area (TPSA) is 197 Å². The number of nitrogens with two attached hydrogens (primary N) is 2. The smallest absolute Gasteiger partial charge is 0.238 e. The van der Waals surface area contributed by atoms with Crippen molar-refractivity contribution in [1.82, 2.24) is 26.3 Å². The molecular formula is C35H50N8O4. The van der Waals surface area contributed by atoms with E-state index in [1.54, 1.807) is 7.05 Å². The predicted octanol–water partition coefficient (Wildman–Crippen LogP) is 1.73. The molecule has 0 saturated heterocycles. The summed E-state index contributed by atoms with van der Waals surface area (Å²) in [5.74, 6) is -0.918. The summed E-state index contributed by atoms with van der Waals surface area (Å²) in [5, 5.41) is 13.0. The van der Waals surface area contributed by atoms with Gasteiger partial charge in [-0.1, -0.05) is 62.4 Å². The van der Waals surface area contributed by atoms with Crippen LogP contribution in [-0.2, 0) is 32.0 Å². The number of Topliss-reactive ketones (excluding diaryl/α,β-unsaturated/α-hetero) is 2. The number of guanidine groups is 1. The van der Waals surface area contributed by atoms with E-state index in [9.17, 15) is 19.2 Å². The molecule has 9 N–H and O–H groups in total. The number of nitrogens with one attached hydrogen (secondary N) is 5. The first-order valence-electron chi connectivity index (χ1n) is 16.2. The number of aliphatic imine (C=N–C) groups is 1. The summed E-state index contributed by atoms with van der Waals surface area (Å²) >= 11 is 0. The van der Waals surface area contributed by atoms with Gasteiger partial charge in [0.25, 0.3) is 0 Å². The maximum atomic E-state index is 13.8. The number of ketones is 2. The minimum absolute atomic E-state index is 0.0471. The van der Waals surface area contributed by atoms with E-state index in [2.05, 4.69) is 31.2 Å². The number of aromatic amines is 1. The lowest BCUT2D eigenvalue weighted by Gasteiger charge is -2.25. The fourth-order valence-corrected chi connectivity index (χ4v) is 5.46. The summed E-state index contributed by atoms with van der Waals surface area (Å²) in [6, 6.07) is 14.4. The normalized spacial score (nSPS) is 13.8. The van der Waals surface area contributed by atoms with Crippen LogP contribution in [0.3, 0.4) is 0 Å². The van der Waals surface area contributed by atoms with Crippen molar-refractivity contribution in [1.29, 1.82) is 0 Å². The lowest BCUT2D eigenvalue weighted by Crippen LogP contribution is -2.55. The van der Waals surface area contributed by atoms with Gasteiger partial charge in [-0.2, -0.15) is 0 Å². The number of hydrogen-bond donors (Lipinski definition) is 7. The molecule has 2 aromatic carbocycles. The average Bonchev–Trinajstić information content (AvgIpc) is 3.45. The number of likely N-dealkylation sites (N-methyl/N-ethyl adjacent to an activating group) is 1. The van der Waals surface area contributed by atoms with Gasteiger partial charge in [-0.15, -0.1) is 0 Å². The molecular weight excluding hydrogens is 596 g/mol. The van der Waals surface area contributed by atoms with Crippen molar-refractivity contribution in [3.05, 3.63) is 71.9 Å². The molecule has 0 aliphatic carbocycles. The molecule has 1 heterocycles. The Labute approximate surface area is 276 Å². The molecule has 47 heavy (non-hydrogen) atoms. The van der Waals surface area contributed by atoms with Crippen LogP contribution in [0.5, 0.6) is 0 Å². The number of hydrogen-bond acceptors (Lipinski definition) is 7. The molecule has 0 radical (unpaired) electrons. The lowest BCUT2D eigenvalue weighted by molar-refractivity contribution is -0.130. The number of rotatable bonds is 20. The largest absolute Gasteiger partial charge is 0.370 e. The highest BCUT2D eigenvalue weighted by atomic mass is 16.2. The number of amides is 2. The van der Waals surface area contributed by atoms with Crippen molar-refractivity contribution < 1.29 is 19.2 Å². The van der Waals surface area contributed by atoms with Crippen LogP contribution in [-0.4, -0.2) is 78.6 Å². The quantitative estimate of drug-likeness (QED) is 0.0547. The zero-order valence-corrected chi connectivity index (χ0v) is 27.8. The van der Waals surface area contributed by atoms with Crippen LogP contribution in [0.1, 0.15) is 51.2 Å². The maximum Gasteiger partial charge on any atom is 0.238 e. The maximum absolute atomic E-state index is 13.8. The van der Waals surface area contributed by atoms with E-state index in [4.69, 9.17) is 11.5 Å². The molecule has 254 valence electrons. The zero-order chi connectivity index (χ0) is 34.3. The molecule has 0 spiro atoms. The molecule has 4 atom stereocenters. The Kier molecular flexibility index (Phi) is 14.6. The fraction of sp³-hybridized carbons (Fsp3) is 0.457. The van der Waals surface area contributed by atoms with Gasteiger partial charge in [-0.3, -0.25) is 29.5 Å². The van der Waals surface area contributed by atoms with Gasteiger partial charge in [0.2, 0.25) is 11.8 Å². The Morgan fingerprint density at radius 3 is 2.17 bits per heavy atom. The third kappa shape index (κ3) is 12.0. The highest BCUT2D eigenvalue weighted by Crippen LogP contribution is 2.19. The average molecular weight is 647 g/mol. The summed E-state index contributed by atoms with van der Waals surface area (Å²) in [6.07, 6.45) is 3.83. The molecule has 12 nitrogen and oxygen atoms in total.